The van der Waals surface area contributed by atoms with E-state index < -0.39 is 10.0 Å². The van der Waals surface area contributed by atoms with Gasteiger partial charge in [0.2, 0.25) is 10.0 Å². The van der Waals surface area contributed by atoms with Crippen molar-refractivity contribution in [3.63, 3.8) is 0 Å². The van der Waals surface area contributed by atoms with Crippen molar-refractivity contribution in [3.8, 4) is 0 Å². The van der Waals surface area contributed by atoms with Crippen molar-refractivity contribution in [1.82, 2.24) is 9.29 Å². The summed E-state index contributed by atoms with van der Waals surface area (Å²) in [6.45, 7) is 0. The van der Waals surface area contributed by atoms with Gasteiger partial charge in [0.1, 0.15) is 5.52 Å². The summed E-state index contributed by atoms with van der Waals surface area (Å²) in [4.78, 5) is 4.56. The number of hydrogen-bond donors (Lipinski definition) is 0. The minimum atomic E-state index is -3.49. The molecule has 0 saturated carbocycles. The van der Waals surface area contributed by atoms with Crippen molar-refractivity contribution in [1.29, 1.82) is 0 Å². The van der Waals surface area contributed by atoms with Crippen molar-refractivity contribution < 1.29 is 12.8 Å². The number of nitrogens with zero attached hydrogens (tertiary/aromatic N) is 2. The van der Waals surface area contributed by atoms with Crippen LogP contribution in [-0.2, 0) is 15.8 Å². The number of halogens is 1. The Morgan fingerprint density at radius 1 is 1.17 bits per heavy atom. The molecular formula is C16H15ClN2O3S2. The van der Waals surface area contributed by atoms with Crippen molar-refractivity contribution in [2.75, 3.05) is 14.1 Å². The van der Waals surface area contributed by atoms with Gasteiger partial charge in [0.15, 0.2) is 5.58 Å². The molecule has 0 aliphatic rings. The molecule has 0 aliphatic heterocycles. The second-order valence-corrected chi connectivity index (χ2v) is 8.83. The third kappa shape index (κ3) is 3.59. The van der Waals surface area contributed by atoms with Gasteiger partial charge in [-0.15, -0.1) is 0 Å². The monoisotopic (exact) mass is 382 g/mol. The average molecular weight is 383 g/mol. The SMILES string of the molecule is CN(C)S(=O)(=O)c1ccc2oc(SCc3ccc(Cl)cc3)nc2c1. The molecule has 24 heavy (non-hydrogen) atoms. The highest BCUT2D eigenvalue weighted by molar-refractivity contribution is 7.98. The van der Waals surface area contributed by atoms with Gasteiger partial charge < -0.3 is 4.42 Å². The second kappa shape index (κ2) is 6.76. The van der Waals surface area contributed by atoms with Crippen LogP contribution in [0.4, 0.5) is 0 Å². The van der Waals surface area contributed by atoms with Gasteiger partial charge in [-0.1, -0.05) is 35.5 Å². The molecule has 5 nitrogen and oxygen atoms in total. The number of fused-ring (bicyclic) bond motifs is 1. The predicted octanol–water partition coefficient (Wildman–Crippen LogP) is 4.02. The van der Waals surface area contributed by atoms with Crippen LogP contribution in [0.5, 0.6) is 0 Å². The summed E-state index contributed by atoms with van der Waals surface area (Å²) in [6, 6.07) is 12.2. The molecule has 0 unspecified atom stereocenters. The zero-order valence-corrected chi connectivity index (χ0v) is 15.5. The van der Waals surface area contributed by atoms with Crippen LogP contribution in [0, 0.1) is 0 Å². The van der Waals surface area contributed by atoms with E-state index in [2.05, 4.69) is 4.98 Å². The van der Waals surface area contributed by atoms with Crippen LogP contribution in [0.15, 0.2) is 57.0 Å². The zero-order valence-electron chi connectivity index (χ0n) is 13.1. The lowest BCUT2D eigenvalue weighted by molar-refractivity contribution is 0.489. The first kappa shape index (κ1) is 17.3. The van der Waals surface area contributed by atoms with E-state index >= 15 is 0 Å². The molecule has 126 valence electrons. The number of benzene rings is 2. The number of hydrogen-bond acceptors (Lipinski definition) is 5. The minimum absolute atomic E-state index is 0.197. The Hall–Kier alpha value is -1.54. The molecule has 0 bridgehead atoms. The van der Waals surface area contributed by atoms with Gasteiger partial charge in [0.05, 0.1) is 4.90 Å². The Bertz CT molecular complexity index is 967. The van der Waals surface area contributed by atoms with Crippen LogP contribution < -0.4 is 0 Å². The smallest absolute Gasteiger partial charge is 0.257 e. The molecule has 2 aromatic carbocycles. The Labute approximate surface area is 149 Å². The molecular weight excluding hydrogens is 368 g/mol. The van der Waals surface area contributed by atoms with E-state index in [1.54, 1.807) is 6.07 Å². The van der Waals surface area contributed by atoms with E-state index in [1.165, 1.54) is 42.3 Å². The molecule has 0 saturated heterocycles. The van der Waals surface area contributed by atoms with Crippen molar-refractivity contribution in [3.05, 3.63) is 53.1 Å². The van der Waals surface area contributed by atoms with Crippen molar-refractivity contribution in [2.45, 2.75) is 15.9 Å². The molecule has 3 aromatic rings. The Balaban J connectivity index is 1.82. The van der Waals surface area contributed by atoms with Crippen LogP contribution in [0.3, 0.4) is 0 Å². The van der Waals surface area contributed by atoms with Crippen LogP contribution in [-0.4, -0.2) is 31.8 Å². The molecule has 1 aromatic heterocycles. The average Bonchev–Trinajstić information content (AvgIpc) is 2.96. The van der Waals surface area contributed by atoms with Gasteiger partial charge in [-0.2, -0.15) is 0 Å². The summed E-state index contributed by atoms with van der Waals surface area (Å²) in [6.07, 6.45) is 0. The van der Waals surface area contributed by atoms with Gasteiger partial charge in [-0.25, -0.2) is 17.7 Å². The fourth-order valence-electron chi connectivity index (χ4n) is 2.04. The minimum Gasteiger partial charge on any atom is -0.431 e. The highest BCUT2D eigenvalue weighted by Gasteiger charge is 2.19. The molecule has 0 amide bonds. The summed E-state index contributed by atoms with van der Waals surface area (Å²) in [7, 11) is -0.495. The normalized spacial score (nSPS) is 12.2. The number of rotatable bonds is 5. The molecule has 0 atom stereocenters. The molecule has 0 spiro atoms. The molecule has 0 fully saturated rings. The quantitative estimate of drug-likeness (QED) is 0.623. The first-order valence-electron chi connectivity index (χ1n) is 7.06. The lowest BCUT2D eigenvalue weighted by atomic mass is 10.2. The van der Waals surface area contributed by atoms with E-state index in [0.717, 1.165) is 5.56 Å². The number of aromatic nitrogens is 1. The topological polar surface area (TPSA) is 63.4 Å². The summed E-state index contributed by atoms with van der Waals surface area (Å²) in [5.41, 5.74) is 2.19. The lowest BCUT2D eigenvalue weighted by Crippen LogP contribution is -2.22. The fraction of sp³-hybridized carbons (Fsp3) is 0.188. The summed E-state index contributed by atoms with van der Waals surface area (Å²) in [5, 5.41) is 1.19. The summed E-state index contributed by atoms with van der Waals surface area (Å²) >= 11 is 7.31. The molecule has 0 N–H and O–H groups in total. The van der Waals surface area contributed by atoms with Gasteiger partial charge in [-0.3, -0.25) is 0 Å². The van der Waals surface area contributed by atoms with Crippen LogP contribution in [0.2, 0.25) is 5.02 Å². The summed E-state index contributed by atoms with van der Waals surface area (Å²) in [5.74, 6) is 0.687. The van der Waals surface area contributed by atoms with E-state index in [-0.39, 0.29) is 4.90 Å². The molecule has 8 heteroatoms. The van der Waals surface area contributed by atoms with Crippen LogP contribution >= 0.6 is 23.4 Å². The first-order valence-corrected chi connectivity index (χ1v) is 9.87. The Kier molecular flexibility index (Phi) is 4.87. The van der Waals surface area contributed by atoms with Crippen LogP contribution in [0.25, 0.3) is 11.1 Å². The van der Waals surface area contributed by atoms with Crippen molar-refractivity contribution >= 4 is 44.5 Å². The predicted molar refractivity (Wildman–Crippen MR) is 95.9 cm³/mol. The van der Waals surface area contributed by atoms with E-state index in [1.807, 2.05) is 24.3 Å². The third-order valence-electron chi connectivity index (χ3n) is 3.39. The Morgan fingerprint density at radius 3 is 2.54 bits per heavy atom. The van der Waals surface area contributed by atoms with Gasteiger partial charge in [-0.05, 0) is 35.9 Å². The lowest BCUT2D eigenvalue weighted by Gasteiger charge is -2.10. The largest absolute Gasteiger partial charge is 0.431 e. The van der Waals surface area contributed by atoms with E-state index in [9.17, 15) is 8.42 Å². The maximum absolute atomic E-state index is 12.2. The second-order valence-electron chi connectivity index (χ2n) is 5.31. The molecule has 0 radical (unpaired) electrons. The zero-order chi connectivity index (χ0) is 17.3. The van der Waals surface area contributed by atoms with E-state index in [0.29, 0.717) is 27.1 Å². The highest BCUT2D eigenvalue weighted by atomic mass is 35.5. The maximum Gasteiger partial charge on any atom is 0.257 e. The van der Waals surface area contributed by atoms with Gasteiger partial charge in [0, 0.05) is 24.9 Å². The number of thioether (sulfide) groups is 1. The maximum atomic E-state index is 12.2. The number of sulfonamides is 1. The molecule has 3 rings (SSSR count). The molecule has 0 aliphatic carbocycles. The summed E-state index contributed by atoms with van der Waals surface area (Å²) < 4.78 is 31.2. The van der Waals surface area contributed by atoms with Gasteiger partial charge in [0.25, 0.3) is 5.22 Å². The fourth-order valence-corrected chi connectivity index (χ4v) is 3.89. The first-order chi connectivity index (χ1) is 11.4. The standard InChI is InChI=1S/C16H15ClN2O3S2/c1-19(2)24(20,21)13-7-8-15-14(9-13)18-16(22-15)23-10-11-3-5-12(17)6-4-11/h3-9H,10H2,1-2H3. The third-order valence-corrected chi connectivity index (χ3v) is 6.36. The van der Waals surface area contributed by atoms with E-state index in [4.69, 9.17) is 16.0 Å². The van der Waals surface area contributed by atoms with Crippen LogP contribution in [0.1, 0.15) is 5.56 Å². The van der Waals surface area contributed by atoms with Gasteiger partial charge >= 0.3 is 0 Å². The Morgan fingerprint density at radius 2 is 1.88 bits per heavy atom. The number of oxazole rings is 1. The van der Waals surface area contributed by atoms with Crippen molar-refractivity contribution in [2.24, 2.45) is 0 Å². The highest BCUT2D eigenvalue weighted by Crippen LogP contribution is 2.28. The molecule has 1 heterocycles.